The predicted molar refractivity (Wildman–Crippen MR) is 82.2 cm³/mol. The molecule has 5 nitrogen and oxygen atoms in total. The first-order chi connectivity index (χ1) is 10.1. The van der Waals surface area contributed by atoms with Gasteiger partial charge in [-0.2, -0.15) is 0 Å². The van der Waals surface area contributed by atoms with Gasteiger partial charge in [-0.15, -0.1) is 0 Å². The normalized spacial score (nSPS) is 25.5. The summed E-state index contributed by atoms with van der Waals surface area (Å²) >= 11 is 0. The Morgan fingerprint density at radius 3 is 2.57 bits per heavy atom. The number of carbonyl (C=O) groups is 1. The first-order valence-corrected chi connectivity index (χ1v) is 8.26. The molecule has 2 saturated heterocycles. The van der Waals surface area contributed by atoms with E-state index >= 15 is 0 Å². The highest BCUT2D eigenvalue weighted by atomic mass is 16.5. The summed E-state index contributed by atoms with van der Waals surface area (Å²) in [6.45, 7) is 6.27. The third-order valence-electron chi connectivity index (χ3n) is 4.64. The Hall–Kier alpha value is -0.650. The van der Waals surface area contributed by atoms with Crippen LogP contribution in [0, 0.1) is 5.92 Å². The summed E-state index contributed by atoms with van der Waals surface area (Å²) in [4.78, 5) is 16.5. The van der Waals surface area contributed by atoms with Crippen LogP contribution in [-0.2, 0) is 14.3 Å². The van der Waals surface area contributed by atoms with Gasteiger partial charge in [0.25, 0.3) is 0 Å². The molecular weight excluding hydrogens is 268 g/mol. The van der Waals surface area contributed by atoms with Crippen molar-refractivity contribution in [1.82, 2.24) is 9.80 Å². The Balaban J connectivity index is 1.70. The third kappa shape index (κ3) is 4.66. The molecule has 2 aliphatic heterocycles. The molecule has 21 heavy (non-hydrogen) atoms. The SMILES string of the molecule is CC[C@H](C(=O)N1CCC(OC[C@H]2CCOC2)CC1)N(C)C. The number of likely N-dealkylation sites (N-methyl/N-ethyl adjacent to an activating group) is 1. The summed E-state index contributed by atoms with van der Waals surface area (Å²) in [7, 11) is 3.96. The Labute approximate surface area is 128 Å². The lowest BCUT2D eigenvalue weighted by Crippen LogP contribution is -2.49. The molecule has 0 aromatic rings. The molecule has 0 bridgehead atoms. The molecule has 0 aromatic carbocycles. The van der Waals surface area contributed by atoms with Crippen LogP contribution in [-0.4, -0.2) is 74.9 Å². The van der Waals surface area contributed by atoms with Crippen molar-refractivity contribution in [3.8, 4) is 0 Å². The molecule has 2 heterocycles. The highest BCUT2D eigenvalue weighted by Gasteiger charge is 2.29. The van der Waals surface area contributed by atoms with Crippen LogP contribution in [0.2, 0.25) is 0 Å². The summed E-state index contributed by atoms with van der Waals surface area (Å²) < 4.78 is 11.4. The number of hydrogen-bond acceptors (Lipinski definition) is 4. The van der Waals surface area contributed by atoms with Gasteiger partial charge in [0.2, 0.25) is 5.91 Å². The number of piperidine rings is 1. The van der Waals surface area contributed by atoms with Gasteiger partial charge >= 0.3 is 0 Å². The van der Waals surface area contributed by atoms with Crippen molar-refractivity contribution < 1.29 is 14.3 Å². The maximum absolute atomic E-state index is 12.5. The van der Waals surface area contributed by atoms with Crippen molar-refractivity contribution in [3.05, 3.63) is 0 Å². The summed E-state index contributed by atoms with van der Waals surface area (Å²) in [6.07, 6.45) is 4.23. The van der Waals surface area contributed by atoms with E-state index in [2.05, 4.69) is 6.92 Å². The standard InChI is InChI=1S/C16H30N2O3/c1-4-15(17(2)3)16(19)18-8-5-14(6-9-18)21-12-13-7-10-20-11-13/h13-15H,4-12H2,1-3H3/t13-,15+/m0/s1. The minimum Gasteiger partial charge on any atom is -0.381 e. The topological polar surface area (TPSA) is 42.0 Å². The van der Waals surface area contributed by atoms with E-state index in [0.29, 0.717) is 12.0 Å². The molecule has 0 aromatic heterocycles. The maximum atomic E-state index is 12.5. The molecule has 1 amide bonds. The van der Waals surface area contributed by atoms with Gasteiger partial charge in [0, 0.05) is 25.6 Å². The maximum Gasteiger partial charge on any atom is 0.239 e. The van der Waals surface area contributed by atoms with E-state index in [-0.39, 0.29) is 11.9 Å². The van der Waals surface area contributed by atoms with Gasteiger partial charge in [0.05, 0.1) is 25.4 Å². The van der Waals surface area contributed by atoms with Crippen LogP contribution in [0.15, 0.2) is 0 Å². The van der Waals surface area contributed by atoms with E-state index in [0.717, 1.165) is 58.6 Å². The monoisotopic (exact) mass is 298 g/mol. The van der Waals surface area contributed by atoms with Crippen LogP contribution in [0.1, 0.15) is 32.6 Å². The van der Waals surface area contributed by atoms with Gasteiger partial charge in [-0.25, -0.2) is 0 Å². The van der Waals surface area contributed by atoms with Crippen molar-refractivity contribution in [1.29, 1.82) is 0 Å². The van der Waals surface area contributed by atoms with Crippen LogP contribution >= 0.6 is 0 Å². The number of ether oxygens (including phenoxy) is 2. The zero-order valence-corrected chi connectivity index (χ0v) is 13.7. The van der Waals surface area contributed by atoms with Gasteiger partial charge in [0.15, 0.2) is 0 Å². The van der Waals surface area contributed by atoms with Crippen LogP contribution < -0.4 is 0 Å². The van der Waals surface area contributed by atoms with E-state index in [1.165, 1.54) is 0 Å². The molecule has 2 aliphatic rings. The van der Waals surface area contributed by atoms with E-state index in [4.69, 9.17) is 9.47 Å². The number of hydrogen-bond donors (Lipinski definition) is 0. The Morgan fingerprint density at radius 1 is 1.33 bits per heavy atom. The number of likely N-dealkylation sites (tertiary alicyclic amines) is 1. The minimum atomic E-state index is 0.0121. The van der Waals surface area contributed by atoms with Gasteiger partial charge in [-0.1, -0.05) is 6.92 Å². The number of nitrogens with zero attached hydrogens (tertiary/aromatic N) is 2. The van der Waals surface area contributed by atoms with Crippen molar-refractivity contribution in [3.63, 3.8) is 0 Å². The summed E-state index contributed by atoms with van der Waals surface area (Å²) in [5.41, 5.74) is 0. The van der Waals surface area contributed by atoms with Gasteiger partial charge < -0.3 is 14.4 Å². The van der Waals surface area contributed by atoms with Crippen LogP contribution in [0.5, 0.6) is 0 Å². The van der Waals surface area contributed by atoms with Crippen molar-refractivity contribution >= 4 is 5.91 Å². The molecule has 0 radical (unpaired) electrons. The van der Waals surface area contributed by atoms with Crippen LogP contribution in [0.4, 0.5) is 0 Å². The highest BCUT2D eigenvalue weighted by molar-refractivity contribution is 5.81. The number of rotatable bonds is 6. The molecule has 0 saturated carbocycles. The smallest absolute Gasteiger partial charge is 0.239 e. The van der Waals surface area contributed by atoms with E-state index in [1.54, 1.807) is 0 Å². The van der Waals surface area contributed by atoms with Gasteiger partial charge in [-0.05, 0) is 39.8 Å². The lowest BCUT2D eigenvalue weighted by molar-refractivity contribution is -0.139. The van der Waals surface area contributed by atoms with E-state index in [1.807, 2.05) is 23.9 Å². The number of amides is 1. The second-order valence-electron chi connectivity index (χ2n) is 6.48. The second-order valence-corrected chi connectivity index (χ2v) is 6.48. The Bertz CT molecular complexity index is 321. The zero-order valence-electron chi connectivity index (χ0n) is 13.7. The molecule has 0 N–H and O–H groups in total. The van der Waals surface area contributed by atoms with Gasteiger partial charge in [0.1, 0.15) is 0 Å². The largest absolute Gasteiger partial charge is 0.381 e. The molecule has 122 valence electrons. The highest BCUT2D eigenvalue weighted by Crippen LogP contribution is 2.19. The minimum absolute atomic E-state index is 0.0121. The quantitative estimate of drug-likeness (QED) is 0.743. The average molecular weight is 298 g/mol. The summed E-state index contributed by atoms with van der Waals surface area (Å²) in [5.74, 6) is 0.841. The molecule has 0 unspecified atom stereocenters. The Morgan fingerprint density at radius 2 is 2.05 bits per heavy atom. The van der Waals surface area contributed by atoms with Crippen LogP contribution in [0.25, 0.3) is 0 Å². The lowest BCUT2D eigenvalue weighted by Gasteiger charge is -2.35. The molecule has 0 aliphatic carbocycles. The molecular formula is C16H30N2O3. The summed E-state index contributed by atoms with van der Waals surface area (Å²) in [5, 5.41) is 0. The fourth-order valence-corrected chi connectivity index (χ4v) is 3.20. The summed E-state index contributed by atoms with van der Waals surface area (Å²) in [6, 6.07) is 0.0121. The lowest BCUT2D eigenvalue weighted by atomic mass is 10.0. The first-order valence-electron chi connectivity index (χ1n) is 8.26. The van der Waals surface area contributed by atoms with E-state index < -0.39 is 0 Å². The molecule has 0 spiro atoms. The fourth-order valence-electron chi connectivity index (χ4n) is 3.20. The first kappa shape index (κ1) is 16.7. The number of carbonyl (C=O) groups excluding carboxylic acids is 1. The zero-order chi connectivity index (χ0) is 15.2. The second kappa shape index (κ2) is 8.11. The third-order valence-corrected chi connectivity index (χ3v) is 4.64. The van der Waals surface area contributed by atoms with Crippen molar-refractivity contribution in [2.24, 2.45) is 5.92 Å². The fraction of sp³-hybridized carbons (Fsp3) is 0.938. The van der Waals surface area contributed by atoms with Crippen molar-refractivity contribution in [2.75, 3.05) is 47.0 Å². The van der Waals surface area contributed by atoms with E-state index in [9.17, 15) is 4.79 Å². The van der Waals surface area contributed by atoms with Crippen molar-refractivity contribution in [2.45, 2.75) is 44.8 Å². The molecule has 2 rings (SSSR count). The van der Waals surface area contributed by atoms with Gasteiger partial charge in [-0.3, -0.25) is 9.69 Å². The molecule has 2 atom stereocenters. The molecule has 2 fully saturated rings. The van der Waals surface area contributed by atoms with Crippen LogP contribution in [0.3, 0.4) is 0 Å². The predicted octanol–water partition coefficient (Wildman–Crippen LogP) is 1.37. The molecule has 5 heteroatoms. The Kier molecular flexibility index (Phi) is 6.45. The average Bonchev–Trinajstić information content (AvgIpc) is 2.99.